The quantitative estimate of drug-likeness (QED) is 0.530. The van der Waals surface area contributed by atoms with E-state index in [4.69, 9.17) is 0 Å². The molecule has 0 unspecified atom stereocenters. The standard InChI is InChI=1S/C8H8BrNO/c1-5-7(6(2)11)3-4-10-8(5)9/h3-4H,1-2H3. The van der Waals surface area contributed by atoms with Crippen molar-refractivity contribution in [3.8, 4) is 0 Å². The summed E-state index contributed by atoms with van der Waals surface area (Å²) in [6.07, 6.45) is 1.62. The van der Waals surface area contributed by atoms with Crippen molar-refractivity contribution in [3.05, 3.63) is 28.0 Å². The molecule has 1 aromatic rings. The Hall–Kier alpha value is -0.700. The number of pyridine rings is 1. The normalized spacial score (nSPS) is 9.73. The largest absolute Gasteiger partial charge is 0.294 e. The molecule has 3 heteroatoms. The average Bonchev–Trinajstić information content (AvgIpc) is 1.94. The van der Waals surface area contributed by atoms with Crippen LogP contribution in [0.1, 0.15) is 22.8 Å². The molecule has 11 heavy (non-hydrogen) atoms. The van der Waals surface area contributed by atoms with Gasteiger partial charge in [0.05, 0.1) is 0 Å². The fraction of sp³-hybridized carbons (Fsp3) is 0.250. The van der Waals surface area contributed by atoms with Gasteiger partial charge in [0, 0.05) is 11.8 Å². The van der Waals surface area contributed by atoms with Crippen LogP contribution in [0.25, 0.3) is 0 Å². The van der Waals surface area contributed by atoms with Crippen LogP contribution >= 0.6 is 15.9 Å². The van der Waals surface area contributed by atoms with E-state index in [9.17, 15) is 4.79 Å². The molecule has 0 amide bonds. The molecule has 0 aliphatic carbocycles. The second-order valence-electron chi connectivity index (χ2n) is 2.33. The van der Waals surface area contributed by atoms with Crippen molar-refractivity contribution in [3.63, 3.8) is 0 Å². The minimum atomic E-state index is 0.0746. The highest BCUT2D eigenvalue weighted by Gasteiger charge is 2.05. The van der Waals surface area contributed by atoms with E-state index in [0.717, 1.165) is 15.7 Å². The van der Waals surface area contributed by atoms with E-state index in [1.807, 2.05) is 6.92 Å². The maximum atomic E-state index is 11.0. The van der Waals surface area contributed by atoms with E-state index in [0.29, 0.717) is 0 Å². The molecular weight excluding hydrogens is 206 g/mol. The zero-order chi connectivity index (χ0) is 8.43. The first-order valence-corrected chi connectivity index (χ1v) is 4.04. The molecule has 2 nitrogen and oxygen atoms in total. The number of nitrogens with zero attached hydrogens (tertiary/aromatic N) is 1. The average molecular weight is 214 g/mol. The fourth-order valence-electron chi connectivity index (χ4n) is 0.892. The van der Waals surface area contributed by atoms with Crippen molar-refractivity contribution in [2.75, 3.05) is 0 Å². The second kappa shape index (κ2) is 3.13. The van der Waals surface area contributed by atoms with Crippen LogP contribution in [-0.2, 0) is 0 Å². The lowest BCUT2D eigenvalue weighted by molar-refractivity contribution is 0.101. The maximum Gasteiger partial charge on any atom is 0.160 e. The molecule has 1 heterocycles. The van der Waals surface area contributed by atoms with E-state index in [-0.39, 0.29) is 5.78 Å². The summed E-state index contributed by atoms with van der Waals surface area (Å²) in [4.78, 5) is 15.0. The molecule has 0 aliphatic rings. The van der Waals surface area contributed by atoms with Gasteiger partial charge in [-0.05, 0) is 41.4 Å². The van der Waals surface area contributed by atoms with Crippen molar-refractivity contribution in [2.24, 2.45) is 0 Å². The van der Waals surface area contributed by atoms with Crippen LogP contribution in [0.3, 0.4) is 0 Å². The van der Waals surface area contributed by atoms with Crippen LogP contribution < -0.4 is 0 Å². The van der Waals surface area contributed by atoms with Gasteiger partial charge in [-0.25, -0.2) is 4.98 Å². The molecule has 1 rings (SSSR count). The molecule has 1 aromatic heterocycles. The molecule has 0 fully saturated rings. The highest BCUT2D eigenvalue weighted by molar-refractivity contribution is 9.10. The Balaban J connectivity index is 3.27. The molecular formula is C8H8BrNO. The lowest BCUT2D eigenvalue weighted by Gasteiger charge is -2.01. The van der Waals surface area contributed by atoms with E-state index < -0.39 is 0 Å². The summed E-state index contributed by atoms with van der Waals surface area (Å²) < 4.78 is 0.741. The summed E-state index contributed by atoms with van der Waals surface area (Å²) >= 11 is 3.25. The number of carbonyl (C=O) groups excluding carboxylic acids is 1. The molecule has 0 atom stereocenters. The zero-order valence-corrected chi connectivity index (χ0v) is 7.97. The Bertz CT molecular complexity index is 296. The predicted octanol–water partition coefficient (Wildman–Crippen LogP) is 2.36. The van der Waals surface area contributed by atoms with Crippen molar-refractivity contribution in [1.29, 1.82) is 0 Å². The molecule has 58 valence electrons. The van der Waals surface area contributed by atoms with Crippen LogP contribution in [-0.4, -0.2) is 10.8 Å². The number of rotatable bonds is 1. The number of Topliss-reactive ketones (excluding diaryl/α,β-unsaturated/α-hetero) is 1. The smallest absolute Gasteiger partial charge is 0.160 e. The topological polar surface area (TPSA) is 30.0 Å². The van der Waals surface area contributed by atoms with Crippen molar-refractivity contribution < 1.29 is 4.79 Å². The zero-order valence-electron chi connectivity index (χ0n) is 6.39. The summed E-state index contributed by atoms with van der Waals surface area (Å²) in [5.41, 5.74) is 1.63. The molecule has 0 aromatic carbocycles. The Morgan fingerprint density at radius 3 is 2.73 bits per heavy atom. The Morgan fingerprint density at radius 1 is 1.64 bits per heavy atom. The van der Waals surface area contributed by atoms with Gasteiger partial charge in [-0.1, -0.05) is 0 Å². The highest BCUT2D eigenvalue weighted by atomic mass is 79.9. The fourth-order valence-corrected chi connectivity index (χ4v) is 1.22. The molecule has 0 bridgehead atoms. The van der Waals surface area contributed by atoms with Gasteiger partial charge in [-0.15, -0.1) is 0 Å². The van der Waals surface area contributed by atoms with E-state index in [1.165, 1.54) is 0 Å². The third kappa shape index (κ3) is 1.66. The van der Waals surface area contributed by atoms with Crippen LogP contribution in [0.2, 0.25) is 0 Å². The number of halogens is 1. The second-order valence-corrected chi connectivity index (χ2v) is 3.08. The van der Waals surface area contributed by atoms with Crippen LogP contribution in [0.4, 0.5) is 0 Å². The Labute approximate surface area is 73.8 Å². The van der Waals surface area contributed by atoms with E-state index in [1.54, 1.807) is 19.2 Å². The molecule has 0 saturated heterocycles. The third-order valence-electron chi connectivity index (χ3n) is 1.52. The van der Waals surface area contributed by atoms with Gasteiger partial charge >= 0.3 is 0 Å². The van der Waals surface area contributed by atoms with Crippen molar-refractivity contribution in [1.82, 2.24) is 4.98 Å². The minimum absolute atomic E-state index is 0.0746. The molecule has 0 spiro atoms. The third-order valence-corrected chi connectivity index (χ3v) is 2.32. The first-order chi connectivity index (χ1) is 5.13. The number of hydrogen-bond acceptors (Lipinski definition) is 2. The molecule has 0 saturated carbocycles. The molecule has 0 N–H and O–H groups in total. The number of ketones is 1. The van der Waals surface area contributed by atoms with Crippen LogP contribution in [0, 0.1) is 6.92 Å². The number of aromatic nitrogens is 1. The monoisotopic (exact) mass is 213 g/mol. The van der Waals surface area contributed by atoms with Gasteiger partial charge in [-0.2, -0.15) is 0 Å². The van der Waals surface area contributed by atoms with Crippen LogP contribution in [0.5, 0.6) is 0 Å². The lowest BCUT2D eigenvalue weighted by Crippen LogP contribution is -1.97. The maximum absolute atomic E-state index is 11.0. The number of carbonyl (C=O) groups is 1. The minimum Gasteiger partial charge on any atom is -0.294 e. The van der Waals surface area contributed by atoms with Gasteiger partial charge in [0.1, 0.15) is 4.60 Å². The van der Waals surface area contributed by atoms with Gasteiger partial charge in [-0.3, -0.25) is 4.79 Å². The summed E-state index contributed by atoms with van der Waals surface area (Å²) in [6, 6.07) is 1.72. The van der Waals surface area contributed by atoms with Gasteiger partial charge in [0.2, 0.25) is 0 Å². The van der Waals surface area contributed by atoms with Crippen molar-refractivity contribution >= 4 is 21.7 Å². The van der Waals surface area contributed by atoms with Gasteiger partial charge < -0.3 is 0 Å². The van der Waals surface area contributed by atoms with E-state index in [2.05, 4.69) is 20.9 Å². The SMILES string of the molecule is CC(=O)c1ccnc(Br)c1C. The Kier molecular flexibility index (Phi) is 2.39. The van der Waals surface area contributed by atoms with Crippen molar-refractivity contribution in [2.45, 2.75) is 13.8 Å². The summed E-state index contributed by atoms with van der Waals surface area (Å²) in [6.45, 7) is 3.42. The van der Waals surface area contributed by atoms with E-state index >= 15 is 0 Å². The summed E-state index contributed by atoms with van der Waals surface area (Å²) in [7, 11) is 0. The van der Waals surface area contributed by atoms with Crippen LogP contribution in [0.15, 0.2) is 16.9 Å². The first kappa shape index (κ1) is 8.40. The first-order valence-electron chi connectivity index (χ1n) is 3.25. The number of hydrogen-bond donors (Lipinski definition) is 0. The Morgan fingerprint density at radius 2 is 2.27 bits per heavy atom. The highest BCUT2D eigenvalue weighted by Crippen LogP contribution is 2.16. The van der Waals surface area contributed by atoms with Gasteiger partial charge in [0.25, 0.3) is 0 Å². The molecule has 0 aliphatic heterocycles. The van der Waals surface area contributed by atoms with Gasteiger partial charge in [0.15, 0.2) is 5.78 Å². The lowest BCUT2D eigenvalue weighted by atomic mass is 10.1. The summed E-state index contributed by atoms with van der Waals surface area (Å²) in [5, 5.41) is 0. The predicted molar refractivity (Wildman–Crippen MR) is 46.7 cm³/mol. The molecule has 0 radical (unpaired) electrons. The summed E-state index contributed by atoms with van der Waals surface area (Å²) in [5.74, 6) is 0.0746.